The molecule has 0 saturated heterocycles. The van der Waals surface area contributed by atoms with Crippen molar-refractivity contribution in [2.75, 3.05) is 53.6 Å². The highest BCUT2D eigenvalue weighted by atomic mass is 16.6. The smallest absolute Gasteiger partial charge is 0.407 e. The molecule has 6 nitrogen and oxygen atoms in total. The van der Waals surface area contributed by atoms with Crippen LogP contribution in [0.1, 0.15) is 168 Å². The monoisotopic (exact) mass is 599 g/mol. The Balaban J connectivity index is 3.93. The summed E-state index contributed by atoms with van der Waals surface area (Å²) in [6, 6.07) is 0. The summed E-state index contributed by atoms with van der Waals surface area (Å²) in [6.07, 6.45) is 31.5. The molecule has 0 aliphatic heterocycles. The first-order chi connectivity index (χ1) is 20.6. The number of nitrogens with zero attached hydrogens (tertiary/aromatic N) is 1. The minimum atomic E-state index is -0.378. The summed E-state index contributed by atoms with van der Waals surface area (Å²) in [5.41, 5.74) is 0. The van der Waals surface area contributed by atoms with Crippen molar-refractivity contribution in [3.8, 4) is 0 Å². The molecule has 0 spiro atoms. The van der Waals surface area contributed by atoms with Crippen LogP contribution in [0.15, 0.2) is 0 Å². The molecule has 0 aromatic carbocycles. The van der Waals surface area contributed by atoms with Crippen molar-refractivity contribution in [1.29, 1.82) is 0 Å². The van der Waals surface area contributed by atoms with Gasteiger partial charge in [0.25, 0.3) is 0 Å². The van der Waals surface area contributed by atoms with Crippen molar-refractivity contribution in [3.63, 3.8) is 0 Å². The standard InChI is InChI=1S/C36H74N2O4/c1-5-7-9-11-13-15-17-19-21-23-25-27-31-40-33-35(34-42-36(39)37-29-30-38(3)4)41-32-28-26-24-22-20-18-16-14-12-10-8-6-2/h35H,5-34H2,1-4H3,(H,37,39). The first-order valence-electron chi connectivity index (χ1n) is 18.3. The van der Waals surface area contributed by atoms with Crippen molar-refractivity contribution < 1.29 is 19.0 Å². The van der Waals surface area contributed by atoms with Crippen LogP contribution in [0, 0.1) is 0 Å². The van der Waals surface area contributed by atoms with Gasteiger partial charge in [0.2, 0.25) is 0 Å². The van der Waals surface area contributed by atoms with Crippen LogP contribution < -0.4 is 5.32 Å². The van der Waals surface area contributed by atoms with E-state index >= 15 is 0 Å². The Morgan fingerprint density at radius 2 is 0.976 bits per heavy atom. The predicted octanol–water partition coefficient (Wildman–Crippen LogP) is 10.1. The van der Waals surface area contributed by atoms with Gasteiger partial charge in [-0.15, -0.1) is 0 Å². The maximum absolute atomic E-state index is 12.1. The predicted molar refractivity (Wildman–Crippen MR) is 181 cm³/mol. The summed E-state index contributed by atoms with van der Waals surface area (Å²) in [7, 11) is 3.97. The fraction of sp³-hybridized carbons (Fsp3) is 0.972. The molecule has 0 saturated carbocycles. The number of nitrogens with one attached hydrogen (secondary N) is 1. The zero-order chi connectivity index (χ0) is 30.8. The zero-order valence-electron chi connectivity index (χ0n) is 28.9. The number of carbonyl (C=O) groups excluding carboxylic acids is 1. The second-order valence-corrected chi connectivity index (χ2v) is 12.7. The normalized spacial score (nSPS) is 12.2. The Morgan fingerprint density at radius 3 is 1.40 bits per heavy atom. The third kappa shape index (κ3) is 33.6. The fourth-order valence-electron chi connectivity index (χ4n) is 5.20. The second-order valence-electron chi connectivity index (χ2n) is 12.7. The highest BCUT2D eigenvalue weighted by molar-refractivity contribution is 5.67. The molecule has 0 bridgehead atoms. The van der Waals surface area contributed by atoms with Crippen molar-refractivity contribution in [2.45, 2.75) is 174 Å². The molecule has 0 aliphatic carbocycles. The number of hydrogen-bond acceptors (Lipinski definition) is 5. The van der Waals surface area contributed by atoms with Crippen LogP contribution >= 0.6 is 0 Å². The third-order valence-corrected chi connectivity index (χ3v) is 8.03. The number of alkyl carbamates (subject to hydrolysis) is 1. The number of carbonyl (C=O) groups is 1. The van der Waals surface area contributed by atoms with Crippen molar-refractivity contribution in [3.05, 3.63) is 0 Å². The van der Waals surface area contributed by atoms with Gasteiger partial charge in [0.15, 0.2) is 0 Å². The van der Waals surface area contributed by atoms with Crippen molar-refractivity contribution in [2.24, 2.45) is 0 Å². The van der Waals surface area contributed by atoms with Crippen LogP contribution in [0.25, 0.3) is 0 Å². The van der Waals surface area contributed by atoms with Gasteiger partial charge >= 0.3 is 6.09 Å². The van der Waals surface area contributed by atoms with E-state index in [4.69, 9.17) is 14.2 Å². The van der Waals surface area contributed by atoms with Gasteiger partial charge in [-0.1, -0.05) is 155 Å². The molecular formula is C36H74N2O4. The first-order valence-corrected chi connectivity index (χ1v) is 18.3. The molecular weight excluding hydrogens is 524 g/mol. The third-order valence-electron chi connectivity index (χ3n) is 8.03. The fourth-order valence-corrected chi connectivity index (χ4v) is 5.20. The molecule has 0 radical (unpaired) electrons. The molecule has 0 aromatic rings. The lowest BCUT2D eigenvalue weighted by atomic mass is 10.1. The molecule has 0 fully saturated rings. The molecule has 0 rings (SSSR count). The number of rotatable bonds is 34. The maximum Gasteiger partial charge on any atom is 0.407 e. The Labute approximate surface area is 262 Å². The lowest BCUT2D eigenvalue weighted by Crippen LogP contribution is -2.35. The molecule has 6 heteroatoms. The molecule has 1 amide bonds. The van der Waals surface area contributed by atoms with Gasteiger partial charge in [0, 0.05) is 26.3 Å². The van der Waals surface area contributed by atoms with Gasteiger partial charge in [0.1, 0.15) is 12.7 Å². The molecule has 42 heavy (non-hydrogen) atoms. The number of likely N-dealkylation sites (N-methyl/N-ethyl adjacent to an activating group) is 1. The SMILES string of the molecule is CCCCCCCCCCCCCCOCC(COC(=O)NCCN(C)C)OCCCCCCCCCCCCCC. The molecule has 0 aromatic heterocycles. The van der Waals surface area contributed by atoms with E-state index in [1.165, 1.54) is 141 Å². The quantitative estimate of drug-likeness (QED) is 0.0747. The molecule has 1 atom stereocenters. The Morgan fingerprint density at radius 1 is 0.571 bits per heavy atom. The van der Waals surface area contributed by atoms with Gasteiger partial charge in [-0.05, 0) is 26.9 Å². The second kappa shape index (κ2) is 34.6. The average molecular weight is 599 g/mol. The number of hydrogen-bond donors (Lipinski definition) is 1. The van der Waals surface area contributed by atoms with Crippen LogP contribution in [0.3, 0.4) is 0 Å². The topological polar surface area (TPSA) is 60.0 Å². The van der Waals surface area contributed by atoms with Crippen molar-refractivity contribution in [1.82, 2.24) is 10.2 Å². The van der Waals surface area contributed by atoms with Gasteiger partial charge in [-0.3, -0.25) is 0 Å². The number of unbranched alkanes of at least 4 members (excludes halogenated alkanes) is 22. The Kier molecular flexibility index (Phi) is 33.9. The van der Waals surface area contributed by atoms with Crippen LogP contribution in [-0.4, -0.2) is 70.7 Å². The number of amides is 1. The first kappa shape index (κ1) is 41.1. The van der Waals surface area contributed by atoms with E-state index in [9.17, 15) is 4.79 Å². The molecule has 252 valence electrons. The lowest BCUT2D eigenvalue weighted by molar-refractivity contribution is -0.0468. The Bertz CT molecular complexity index is 533. The lowest BCUT2D eigenvalue weighted by Gasteiger charge is -2.19. The maximum atomic E-state index is 12.1. The van der Waals surface area contributed by atoms with Gasteiger partial charge in [0.05, 0.1) is 6.61 Å². The minimum absolute atomic E-state index is 0.199. The summed E-state index contributed by atoms with van der Waals surface area (Å²) in [6.45, 7) is 8.11. The highest BCUT2D eigenvalue weighted by Crippen LogP contribution is 2.13. The van der Waals surface area contributed by atoms with Crippen LogP contribution in [-0.2, 0) is 14.2 Å². The largest absolute Gasteiger partial charge is 0.447 e. The van der Waals surface area contributed by atoms with E-state index < -0.39 is 0 Å². The summed E-state index contributed by atoms with van der Waals surface area (Å²) >= 11 is 0. The van der Waals surface area contributed by atoms with E-state index in [-0.39, 0.29) is 18.8 Å². The average Bonchev–Trinajstić information content (AvgIpc) is 2.97. The van der Waals surface area contributed by atoms with E-state index in [1.807, 2.05) is 19.0 Å². The highest BCUT2D eigenvalue weighted by Gasteiger charge is 2.13. The van der Waals surface area contributed by atoms with Gasteiger partial charge in [-0.2, -0.15) is 0 Å². The van der Waals surface area contributed by atoms with Gasteiger partial charge < -0.3 is 24.4 Å². The number of ether oxygens (including phenoxy) is 3. The summed E-state index contributed by atoms with van der Waals surface area (Å²) < 4.78 is 17.5. The molecule has 1 N–H and O–H groups in total. The summed E-state index contributed by atoms with van der Waals surface area (Å²) in [5.74, 6) is 0. The molecule has 1 unspecified atom stereocenters. The minimum Gasteiger partial charge on any atom is -0.447 e. The Hall–Kier alpha value is -0.850. The van der Waals surface area contributed by atoms with Crippen molar-refractivity contribution >= 4 is 6.09 Å². The van der Waals surface area contributed by atoms with Gasteiger partial charge in [-0.25, -0.2) is 4.79 Å². The van der Waals surface area contributed by atoms with Crippen LogP contribution in [0.2, 0.25) is 0 Å². The van der Waals surface area contributed by atoms with E-state index in [0.717, 1.165) is 26.0 Å². The summed E-state index contributed by atoms with van der Waals surface area (Å²) in [5, 5.41) is 2.81. The van der Waals surface area contributed by atoms with E-state index in [2.05, 4.69) is 19.2 Å². The zero-order valence-corrected chi connectivity index (χ0v) is 28.9. The van der Waals surface area contributed by atoms with Crippen LogP contribution in [0.4, 0.5) is 4.79 Å². The van der Waals surface area contributed by atoms with Crippen LogP contribution in [0.5, 0.6) is 0 Å². The van der Waals surface area contributed by atoms with E-state index in [0.29, 0.717) is 19.8 Å². The summed E-state index contributed by atoms with van der Waals surface area (Å²) in [4.78, 5) is 14.1. The molecule has 0 heterocycles. The molecule has 0 aliphatic rings. The van der Waals surface area contributed by atoms with E-state index in [1.54, 1.807) is 0 Å².